The van der Waals surface area contributed by atoms with Crippen molar-refractivity contribution in [2.24, 2.45) is 5.92 Å². The molecular weight excluding hydrogens is 364 g/mol. The monoisotopic (exact) mass is 381 g/mol. The number of carbonyl (C=O) groups excluding carboxylic acids is 1. The first-order valence-corrected chi connectivity index (χ1v) is 9.29. The fraction of sp³-hybridized carbons (Fsp3) is 0.238. The second kappa shape index (κ2) is 7.08. The number of nitrogens with one attached hydrogen (secondary N) is 1. The summed E-state index contributed by atoms with van der Waals surface area (Å²) in [5, 5.41) is 12.8. The Labute approximate surface area is 161 Å². The van der Waals surface area contributed by atoms with Gasteiger partial charge in [0.2, 0.25) is 0 Å². The van der Waals surface area contributed by atoms with Crippen molar-refractivity contribution in [3.05, 3.63) is 63.9 Å². The van der Waals surface area contributed by atoms with Crippen LogP contribution in [0.1, 0.15) is 12.8 Å². The minimum absolute atomic E-state index is 0.234. The number of halogens is 1. The molecule has 1 aliphatic heterocycles. The van der Waals surface area contributed by atoms with Crippen LogP contribution in [-0.4, -0.2) is 24.0 Å². The predicted octanol–water partition coefficient (Wildman–Crippen LogP) is 2.81. The molecule has 27 heavy (non-hydrogen) atoms. The summed E-state index contributed by atoms with van der Waals surface area (Å²) in [7, 11) is 0. The molecule has 1 atom stereocenters. The maximum atomic E-state index is 13.0. The van der Waals surface area contributed by atoms with E-state index in [1.807, 2.05) is 41.3 Å². The maximum Gasteiger partial charge on any atom is 0.272 e. The number of aromatic amines is 1. The molecule has 0 saturated carbocycles. The van der Waals surface area contributed by atoms with E-state index in [0.29, 0.717) is 35.6 Å². The molecule has 4 rings (SSSR count). The van der Waals surface area contributed by atoms with Gasteiger partial charge in [0.25, 0.3) is 5.56 Å². The lowest BCUT2D eigenvalue weighted by molar-refractivity contribution is -0.311. The standard InChI is InChI=1S/C21H19ClN2O3/c22-15-8-9-17-16(11-15)18(13-5-2-1-3-6-13)19(20(25)23-17)24-10-4-7-14(12-24)21(26)27/h1-3,5-6,8-9,11,14H,4,7,10,12H2,(H,23,25)(H,26,27)/p-1/t14-/m0/s1. The number of hydrogen-bond acceptors (Lipinski definition) is 4. The molecule has 0 bridgehead atoms. The van der Waals surface area contributed by atoms with Gasteiger partial charge in [-0.1, -0.05) is 41.9 Å². The molecule has 0 amide bonds. The predicted molar refractivity (Wildman–Crippen MR) is 105 cm³/mol. The summed E-state index contributed by atoms with van der Waals surface area (Å²) in [6, 6.07) is 15.0. The van der Waals surface area contributed by atoms with Gasteiger partial charge in [-0.15, -0.1) is 0 Å². The largest absolute Gasteiger partial charge is 0.550 e. The van der Waals surface area contributed by atoms with Crippen LogP contribution in [0.5, 0.6) is 0 Å². The van der Waals surface area contributed by atoms with Crippen molar-refractivity contribution in [1.29, 1.82) is 0 Å². The van der Waals surface area contributed by atoms with Crippen molar-refractivity contribution in [2.45, 2.75) is 12.8 Å². The number of piperidine rings is 1. The van der Waals surface area contributed by atoms with Crippen LogP contribution in [0.15, 0.2) is 53.3 Å². The summed E-state index contributed by atoms with van der Waals surface area (Å²) in [4.78, 5) is 29.2. The number of H-pyrrole nitrogens is 1. The molecule has 1 aliphatic rings. The van der Waals surface area contributed by atoms with Gasteiger partial charge in [-0.25, -0.2) is 0 Å². The summed E-state index contributed by atoms with van der Waals surface area (Å²) in [5.41, 5.74) is 2.61. The first kappa shape index (κ1) is 17.6. The zero-order valence-electron chi connectivity index (χ0n) is 14.6. The van der Waals surface area contributed by atoms with Gasteiger partial charge in [-0.3, -0.25) is 4.79 Å². The van der Waals surface area contributed by atoms with Crippen LogP contribution in [0.25, 0.3) is 22.0 Å². The van der Waals surface area contributed by atoms with Crippen molar-refractivity contribution < 1.29 is 9.90 Å². The van der Waals surface area contributed by atoms with Gasteiger partial charge in [0.05, 0.1) is 0 Å². The molecule has 0 radical (unpaired) electrons. The van der Waals surface area contributed by atoms with Crippen LogP contribution in [-0.2, 0) is 4.79 Å². The number of pyridine rings is 1. The molecule has 1 fully saturated rings. The third-order valence-corrected chi connectivity index (χ3v) is 5.32. The lowest BCUT2D eigenvalue weighted by Crippen LogP contribution is -2.45. The number of aromatic nitrogens is 1. The number of benzene rings is 2. The Kier molecular flexibility index (Phi) is 4.62. The van der Waals surface area contributed by atoms with Gasteiger partial charge in [-0.2, -0.15) is 0 Å². The third kappa shape index (κ3) is 3.30. The average Bonchev–Trinajstić information content (AvgIpc) is 2.68. The number of carboxylic acids is 1. The summed E-state index contributed by atoms with van der Waals surface area (Å²) < 4.78 is 0. The van der Waals surface area contributed by atoms with E-state index in [4.69, 9.17) is 11.6 Å². The highest BCUT2D eigenvalue weighted by Crippen LogP contribution is 2.36. The highest BCUT2D eigenvalue weighted by atomic mass is 35.5. The van der Waals surface area contributed by atoms with Crippen LogP contribution >= 0.6 is 11.6 Å². The van der Waals surface area contributed by atoms with Gasteiger partial charge < -0.3 is 19.8 Å². The number of hydrogen-bond donors (Lipinski definition) is 1. The summed E-state index contributed by atoms with van der Waals surface area (Å²) >= 11 is 6.23. The van der Waals surface area contributed by atoms with E-state index in [-0.39, 0.29) is 12.1 Å². The minimum atomic E-state index is -1.07. The normalized spacial score (nSPS) is 17.2. The maximum absolute atomic E-state index is 13.0. The first-order valence-electron chi connectivity index (χ1n) is 8.91. The van der Waals surface area contributed by atoms with Gasteiger partial charge in [0.15, 0.2) is 0 Å². The third-order valence-electron chi connectivity index (χ3n) is 5.08. The Morgan fingerprint density at radius 1 is 1.19 bits per heavy atom. The Balaban J connectivity index is 1.98. The molecule has 1 saturated heterocycles. The minimum Gasteiger partial charge on any atom is -0.550 e. The van der Waals surface area contributed by atoms with Crippen LogP contribution in [0, 0.1) is 5.92 Å². The number of carboxylic acid groups (broad SMARTS) is 1. The fourth-order valence-electron chi connectivity index (χ4n) is 3.83. The highest BCUT2D eigenvalue weighted by Gasteiger charge is 2.26. The smallest absolute Gasteiger partial charge is 0.272 e. The highest BCUT2D eigenvalue weighted by molar-refractivity contribution is 6.31. The van der Waals surface area contributed by atoms with E-state index >= 15 is 0 Å². The van der Waals surface area contributed by atoms with E-state index in [2.05, 4.69) is 4.98 Å². The molecule has 1 N–H and O–H groups in total. The lowest BCUT2D eigenvalue weighted by atomic mass is 9.94. The number of carbonyl (C=O) groups is 1. The van der Waals surface area contributed by atoms with Crippen LogP contribution in [0.3, 0.4) is 0 Å². The summed E-state index contributed by atoms with van der Waals surface area (Å²) in [5.74, 6) is -1.65. The zero-order valence-corrected chi connectivity index (χ0v) is 15.3. The van der Waals surface area contributed by atoms with Crippen LogP contribution in [0.4, 0.5) is 5.69 Å². The van der Waals surface area contributed by atoms with Crippen molar-refractivity contribution in [2.75, 3.05) is 18.0 Å². The van der Waals surface area contributed by atoms with Crippen LogP contribution < -0.4 is 15.6 Å². The second-order valence-corrected chi connectivity index (χ2v) is 7.27. The summed E-state index contributed by atoms with van der Waals surface area (Å²) in [6.45, 7) is 0.885. The Morgan fingerprint density at radius 2 is 1.96 bits per heavy atom. The van der Waals surface area contributed by atoms with E-state index < -0.39 is 11.9 Å². The van der Waals surface area contributed by atoms with E-state index in [1.165, 1.54) is 0 Å². The second-order valence-electron chi connectivity index (χ2n) is 6.84. The molecule has 1 aromatic heterocycles. The van der Waals surface area contributed by atoms with Crippen molar-refractivity contribution >= 4 is 34.2 Å². The summed E-state index contributed by atoms with van der Waals surface area (Å²) in [6.07, 6.45) is 1.26. The molecule has 138 valence electrons. The van der Waals surface area contributed by atoms with Gasteiger partial charge in [0, 0.05) is 46.5 Å². The Morgan fingerprint density at radius 3 is 2.70 bits per heavy atom. The van der Waals surface area contributed by atoms with Crippen molar-refractivity contribution in [1.82, 2.24) is 4.98 Å². The Bertz CT molecular complexity index is 1060. The molecule has 0 spiro atoms. The molecular formula is C21H18ClN2O3-. The lowest BCUT2D eigenvalue weighted by Gasteiger charge is -2.35. The first-order chi connectivity index (χ1) is 13.0. The topological polar surface area (TPSA) is 76.2 Å². The van der Waals surface area contributed by atoms with Gasteiger partial charge in [0.1, 0.15) is 5.69 Å². The van der Waals surface area contributed by atoms with E-state index in [1.54, 1.807) is 12.1 Å². The molecule has 0 unspecified atom stereocenters. The van der Waals surface area contributed by atoms with Crippen molar-refractivity contribution in [3.63, 3.8) is 0 Å². The molecule has 6 heteroatoms. The van der Waals surface area contributed by atoms with E-state index in [0.717, 1.165) is 16.5 Å². The number of rotatable bonds is 3. The molecule has 2 heterocycles. The molecule has 0 aliphatic carbocycles. The molecule has 2 aromatic carbocycles. The van der Waals surface area contributed by atoms with Gasteiger partial charge >= 0.3 is 0 Å². The number of nitrogens with zero attached hydrogens (tertiary/aromatic N) is 1. The fourth-order valence-corrected chi connectivity index (χ4v) is 4.00. The van der Waals surface area contributed by atoms with Crippen molar-refractivity contribution in [3.8, 4) is 11.1 Å². The quantitative estimate of drug-likeness (QED) is 0.756. The molecule has 5 nitrogen and oxygen atoms in total. The SMILES string of the molecule is O=C([O-])[C@H]1CCCN(c2c(-c3ccccc3)c3cc(Cl)ccc3[nH]c2=O)C1. The zero-order chi connectivity index (χ0) is 19.0. The average molecular weight is 382 g/mol. The number of fused-ring (bicyclic) bond motifs is 1. The van der Waals surface area contributed by atoms with E-state index in [9.17, 15) is 14.7 Å². The number of anilines is 1. The number of aliphatic carboxylic acids is 1. The Hall–Kier alpha value is -2.79. The van der Waals surface area contributed by atoms with Crippen LogP contribution in [0.2, 0.25) is 5.02 Å². The van der Waals surface area contributed by atoms with Gasteiger partial charge in [-0.05, 0) is 36.6 Å². The molecule has 3 aromatic rings.